The van der Waals surface area contributed by atoms with Gasteiger partial charge in [-0.1, -0.05) is 12.1 Å². The Labute approximate surface area is 239 Å². The minimum absolute atomic E-state index is 0.0368. The Kier molecular flexibility index (Phi) is 8.16. The number of aromatic amines is 1. The quantitative estimate of drug-likeness (QED) is 0.317. The molecule has 10 nitrogen and oxygen atoms in total. The van der Waals surface area contributed by atoms with Crippen molar-refractivity contribution in [2.45, 2.75) is 37.6 Å². The van der Waals surface area contributed by atoms with E-state index in [4.69, 9.17) is 4.74 Å². The van der Waals surface area contributed by atoms with E-state index < -0.39 is 9.84 Å². The second-order valence-electron chi connectivity index (χ2n) is 11.1. The number of morpholine rings is 1. The smallest absolute Gasteiger partial charge is 0.147 e. The van der Waals surface area contributed by atoms with E-state index in [1.807, 2.05) is 12.4 Å². The fraction of sp³-hybridized carbons (Fsp3) is 0.536. The molecule has 0 radical (unpaired) electrons. The van der Waals surface area contributed by atoms with Crippen molar-refractivity contribution in [3.05, 3.63) is 53.4 Å². The maximum Gasteiger partial charge on any atom is 0.147 e. The third-order valence-corrected chi connectivity index (χ3v) is 10.4. The van der Waals surface area contributed by atoms with Crippen LogP contribution in [0.15, 0.2) is 43.0 Å². The molecule has 0 saturated carbocycles. The topological polar surface area (TPSA) is 108 Å². The molecular weight excluding hydrogens is 546 g/mol. The summed E-state index contributed by atoms with van der Waals surface area (Å²) in [6.45, 7) is 5.07. The molecule has 214 valence electrons. The van der Waals surface area contributed by atoms with Crippen LogP contribution in [0.5, 0.6) is 0 Å². The number of ether oxygens (including phenoxy) is 1. The van der Waals surface area contributed by atoms with Crippen LogP contribution in [0.25, 0.3) is 21.1 Å². The lowest BCUT2D eigenvalue weighted by atomic mass is 10.0. The van der Waals surface area contributed by atoms with Gasteiger partial charge in [0.1, 0.15) is 16.2 Å². The summed E-state index contributed by atoms with van der Waals surface area (Å²) in [7, 11) is -0.790. The van der Waals surface area contributed by atoms with Crippen LogP contribution in [-0.2, 0) is 14.6 Å². The van der Waals surface area contributed by atoms with Gasteiger partial charge >= 0.3 is 0 Å². The normalized spacial score (nSPS) is 21.0. The molecule has 4 aromatic rings. The number of hydrogen-bond donors (Lipinski definition) is 1. The van der Waals surface area contributed by atoms with E-state index in [0.717, 1.165) is 66.7 Å². The number of nitrogens with zero attached hydrogens (tertiary/aromatic N) is 6. The van der Waals surface area contributed by atoms with E-state index in [0.29, 0.717) is 19.1 Å². The molecule has 12 heteroatoms. The van der Waals surface area contributed by atoms with Crippen molar-refractivity contribution in [1.82, 2.24) is 34.9 Å². The second kappa shape index (κ2) is 11.8. The molecule has 0 spiro atoms. The molecule has 2 saturated heterocycles. The first kappa shape index (κ1) is 27.7. The molecule has 0 bridgehead atoms. The number of aromatic nitrogens is 4. The van der Waals surface area contributed by atoms with Crippen LogP contribution in [0.3, 0.4) is 0 Å². The van der Waals surface area contributed by atoms with Crippen molar-refractivity contribution in [3.63, 3.8) is 0 Å². The predicted molar refractivity (Wildman–Crippen MR) is 158 cm³/mol. The lowest BCUT2D eigenvalue weighted by Gasteiger charge is -2.46. The van der Waals surface area contributed by atoms with Gasteiger partial charge in [0.05, 0.1) is 46.6 Å². The third-order valence-electron chi connectivity index (χ3n) is 8.27. The summed E-state index contributed by atoms with van der Waals surface area (Å²) in [5, 5.41) is 8.46. The van der Waals surface area contributed by atoms with Crippen LogP contribution in [0.1, 0.15) is 42.0 Å². The van der Waals surface area contributed by atoms with Crippen molar-refractivity contribution in [1.29, 1.82) is 0 Å². The predicted octanol–water partition coefficient (Wildman–Crippen LogP) is 3.47. The number of rotatable bonds is 9. The Morgan fingerprint density at radius 2 is 2.05 bits per heavy atom. The molecule has 6 rings (SSSR count). The number of piperidine rings is 1. The van der Waals surface area contributed by atoms with Gasteiger partial charge in [-0.15, -0.1) is 11.3 Å². The lowest BCUT2D eigenvalue weighted by Crippen LogP contribution is -2.51. The molecule has 5 heterocycles. The monoisotopic (exact) mass is 583 g/mol. The van der Waals surface area contributed by atoms with Gasteiger partial charge in [-0.25, -0.2) is 18.4 Å². The number of fused-ring (bicyclic) bond motifs is 2. The van der Waals surface area contributed by atoms with Crippen molar-refractivity contribution in [2.75, 3.05) is 58.4 Å². The average molecular weight is 584 g/mol. The number of nitrogens with one attached hydrogen (secondary N) is 1. The zero-order valence-electron chi connectivity index (χ0n) is 23.1. The summed E-state index contributed by atoms with van der Waals surface area (Å²) in [5.74, 6) is 0.248. The van der Waals surface area contributed by atoms with E-state index in [2.05, 4.69) is 66.2 Å². The second-order valence-corrected chi connectivity index (χ2v) is 14.4. The first-order valence-electron chi connectivity index (χ1n) is 13.9. The van der Waals surface area contributed by atoms with E-state index >= 15 is 0 Å². The van der Waals surface area contributed by atoms with Crippen LogP contribution in [0, 0.1) is 0 Å². The first-order valence-corrected chi connectivity index (χ1v) is 16.8. The molecule has 1 aromatic carbocycles. The van der Waals surface area contributed by atoms with Crippen molar-refractivity contribution in [3.8, 4) is 0 Å². The van der Waals surface area contributed by atoms with Gasteiger partial charge in [0.2, 0.25) is 0 Å². The number of hydrogen-bond acceptors (Lipinski definition) is 10. The summed E-state index contributed by atoms with van der Waals surface area (Å²) in [5.41, 5.74) is 3.19. The number of benzene rings is 1. The number of likely N-dealkylation sites (tertiary alicyclic amines) is 1. The Morgan fingerprint density at radius 1 is 1.20 bits per heavy atom. The molecule has 2 aliphatic rings. The standard InChI is InChI=1S/C28H37N7O3S2/c1-33(9-4-14-40(2,36)37)20-7-10-34(11-8-20)28(26-15-24-27(39-26)17-29-19-30-24)35-12-13-38-25(18-35)21-5-3-6-23-22(21)16-31-32-23/h3,5-6,15-17,19-20,25,28H,4,7-14,18H2,1-2H3,(H,31,32). The van der Waals surface area contributed by atoms with Gasteiger partial charge in [-0.2, -0.15) is 5.10 Å². The maximum absolute atomic E-state index is 11.6. The number of H-pyrrole nitrogens is 1. The van der Waals surface area contributed by atoms with Gasteiger partial charge in [0.25, 0.3) is 0 Å². The molecule has 2 unspecified atom stereocenters. The zero-order chi connectivity index (χ0) is 27.7. The van der Waals surface area contributed by atoms with Gasteiger partial charge < -0.3 is 9.64 Å². The molecule has 2 fully saturated rings. The lowest BCUT2D eigenvalue weighted by molar-refractivity contribution is -0.0828. The summed E-state index contributed by atoms with van der Waals surface area (Å²) < 4.78 is 30.6. The van der Waals surface area contributed by atoms with Crippen LogP contribution in [-0.4, -0.2) is 108 Å². The summed E-state index contributed by atoms with van der Waals surface area (Å²) in [4.78, 5) is 17.6. The molecule has 0 amide bonds. The molecule has 40 heavy (non-hydrogen) atoms. The highest BCUT2D eigenvalue weighted by molar-refractivity contribution is 7.90. The number of thiophene rings is 1. The van der Waals surface area contributed by atoms with Gasteiger partial charge in [0, 0.05) is 54.9 Å². The Morgan fingerprint density at radius 3 is 2.85 bits per heavy atom. The highest BCUT2D eigenvalue weighted by Gasteiger charge is 2.36. The summed E-state index contributed by atoms with van der Waals surface area (Å²) >= 11 is 1.78. The molecule has 2 atom stereocenters. The van der Waals surface area contributed by atoms with Crippen LogP contribution >= 0.6 is 11.3 Å². The van der Waals surface area contributed by atoms with Gasteiger partial charge in [-0.05, 0) is 50.6 Å². The highest BCUT2D eigenvalue weighted by atomic mass is 32.2. The minimum atomic E-state index is -2.92. The Hall–Kier alpha value is -2.48. The fourth-order valence-corrected chi connectivity index (χ4v) is 8.01. The van der Waals surface area contributed by atoms with Gasteiger partial charge in [0.15, 0.2) is 0 Å². The van der Waals surface area contributed by atoms with Crippen LogP contribution < -0.4 is 0 Å². The summed E-state index contributed by atoms with van der Waals surface area (Å²) in [6.07, 6.45) is 9.62. The molecular formula is C28H37N7O3S2. The molecule has 0 aliphatic carbocycles. The highest BCUT2D eigenvalue weighted by Crippen LogP contribution is 2.39. The van der Waals surface area contributed by atoms with Crippen LogP contribution in [0.2, 0.25) is 0 Å². The first-order chi connectivity index (χ1) is 19.4. The Bertz CT molecular complexity index is 1510. The van der Waals surface area contributed by atoms with E-state index in [-0.39, 0.29) is 18.0 Å². The molecule has 1 N–H and O–H groups in total. The third kappa shape index (κ3) is 6.07. The van der Waals surface area contributed by atoms with Crippen molar-refractivity contribution >= 4 is 42.3 Å². The SMILES string of the molecule is CN(CCCS(C)(=O)=O)C1CCN(C(c2cc3ncncc3s2)N2CCOC(c3cccc4[nH]ncc34)C2)CC1. The number of sulfone groups is 1. The maximum atomic E-state index is 11.6. The van der Waals surface area contributed by atoms with Crippen LogP contribution in [0.4, 0.5) is 0 Å². The van der Waals surface area contributed by atoms with E-state index in [1.54, 1.807) is 17.7 Å². The van der Waals surface area contributed by atoms with E-state index in [1.165, 1.54) is 16.7 Å². The van der Waals surface area contributed by atoms with Crippen molar-refractivity contribution < 1.29 is 13.2 Å². The van der Waals surface area contributed by atoms with Gasteiger partial charge in [-0.3, -0.25) is 14.9 Å². The van der Waals surface area contributed by atoms with Crippen molar-refractivity contribution in [2.24, 2.45) is 0 Å². The van der Waals surface area contributed by atoms with E-state index in [9.17, 15) is 8.42 Å². The minimum Gasteiger partial charge on any atom is -0.371 e. The molecule has 2 aliphatic heterocycles. The average Bonchev–Trinajstić information content (AvgIpc) is 3.60. The Balaban J connectivity index is 1.21. The molecule has 3 aromatic heterocycles. The zero-order valence-corrected chi connectivity index (χ0v) is 24.7. The summed E-state index contributed by atoms with van der Waals surface area (Å²) in [6, 6.07) is 8.96. The fourth-order valence-electron chi connectivity index (χ4n) is 6.20. The largest absolute Gasteiger partial charge is 0.371 e.